The number of nitriles is 1. The molecule has 0 unspecified atom stereocenters. The summed E-state index contributed by atoms with van der Waals surface area (Å²) in [5.41, 5.74) is 0. The number of rotatable bonds is 3. The first-order chi connectivity index (χ1) is 6.16. The third-order valence-corrected chi connectivity index (χ3v) is 3.62. The second-order valence-electron chi connectivity index (χ2n) is 1.75. The maximum absolute atomic E-state index is 8.22. The standard InChI is InChI=1S/C5H2Cl2IN3OS/c6-4-3(8)5(7)11(10-4)12-2-13-1-9/h2H2. The summed E-state index contributed by atoms with van der Waals surface area (Å²) in [4.78, 5) is 6.10. The number of hydrogen-bond acceptors (Lipinski definition) is 4. The second kappa shape index (κ2) is 5.14. The molecule has 1 rings (SSSR count). The third-order valence-electron chi connectivity index (χ3n) is 1.01. The van der Waals surface area contributed by atoms with E-state index in [4.69, 9.17) is 33.3 Å². The number of halogens is 3. The SMILES string of the molecule is N#CSCOn1nc(Cl)c(I)c1Cl. The van der Waals surface area contributed by atoms with Crippen LogP contribution in [-0.4, -0.2) is 15.9 Å². The molecule has 0 aromatic carbocycles. The Morgan fingerprint density at radius 2 is 2.38 bits per heavy atom. The van der Waals surface area contributed by atoms with E-state index in [1.165, 1.54) is 0 Å². The van der Waals surface area contributed by atoms with Crippen molar-refractivity contribution in [3.05, 3.63) is 13.9 Å². The van der Waals surface area contributed by atoms with Gasteiger partial charge in [0.25, 0.3) is 0 Å². The van der Waals surface area contributed by atoms with Crippen LogP contribution in [0.3, 0.4) is 0 Å². The summed E-state index contributed by atoms with van der Waals surface area (Å²) < 4.78 is 0.628. The lowest BCUT2D eigenvalue weighted by Crippen LogP contribution is -2.12. The van der Waals surface area contributed by atoms with Gasteiger partial charge < -0.3 is 4.84 Å². The van der Waals surface area contributed by atoms with Gasteiger partial charge in [-0.25, -0.2) is 0 Å². The highest BCUT2D eigenvalue weighted by molar-refractivity contribution is 14.1. The number of aromatic nitrogens is 2. The number of thioether (sulfide) groups is 1. The Balaban J connectivity index is 2.68. The van der Waals surface area contributed by atoms with Gasteiger partial charge in [0.05, 0.1) is 3.57 Å². The molecule has 0 saturated heterocycles. The van der Waals surface area contributed by atoms with Crippen molar-refractivity contribution in [3.63, 3.8) is 0 Å². The summed E-state index contributed by atoms with van der Waals surface area (Å²) in [6, 6.07) is 0. The van der Waals surface area contributed by atoms with E-state index < -0.39 is 0 Å². The van der Waals surface area contributed by atoms with Gasteiger partial charge in [-0.1, -0.05) is 28.0 Å². The van der Waals surface area contributed by atoms with Crippen LogP contribution in [0.25, 0.3) is 0 Å². The van der Waals surface area contributed by atoms with E-state index in [0.717, 1.165) is 16.6 Å². The van der Waals surface area contributed by atoms with Crippen LogP contribution in [0, 0.1) is 14.2 Å². The molecule has 13 heavy (non-hydrogen) atoms. The molecule has 0 radical (unpaired) electrons. The van der Waals surface area contributed by atoms with Crippen molar-refractivity contribution < 1.29 is 4.84 Å². The fourth-order valence-electron chi connectivity index (χ4n) is 0.525. The van der Waals surface area contributed by atoms with Crippen molar-refractivity contribution in [2.75, 3.05) is 5.94 Å². The average Bonchev–Trinajstić information content (AvgIpc) is 2.34. The van der Waals surface area contributed by atoms with Gasteiger partial charge in [-0.05, 0) is 34.4 Å². The Morgan fingerprint density at radius 3 is 2.85 bits per heavy atom. The molecule has 0 aliphatic carbocycles. The lowest BCUT2D eigenvalue weighted by Gasteiger charge is -2.01. The summed E-state index contributed by atoms with van der Waals surface area (Å²) in [7, 11) is 0. The predicted molar refractivity (Wildman–Crippen MR) is 59.6 cm³/mol. The molecule has 0 aliphatic heterocycles. The number of hydrogen-bond donors (Lipinski definition) is 0. The first-order valence-electron chi connectivity index (χ1n) is 2.90. The van der Waals surface area contributed by atoms with E-state index in [0.29, 0.717) is 8.72 Å². The minimum Gasteiger partial charge on any atom is -0.383 e. The van der Waals surface area contributed by atoms with Crippen LogP contribution in [0.5, 0.6) is 0 Å². The highest BCUT2D eigenvalue weighted by Gasteiger charge is 2.12. The molecule has 1 aromatic rings. The molecular weight excluding hydrogens is 348 g/mol. The highest BCUT2D eigenvalue weighted by atomic mass is 127. The summed E-state index contributed by atoms with van der Waals surface area (Å²) in [5, 5.41) is 14.4. The van der Waals surface area contributed by atoms with E-state index in [-0.39, 0.29) is 11.1 Å². The Hall–Kier alpha value is 0.160. The molecule has 0 amide bonds. The first-order valence-corrected chi connectivity index (χ1v) is 5.72. The predicted octanol–water partition coefficient (Wildman–Crippen LogP) is 2.39. The number of nitrogens with zero attached hydrogens (tertiary/aromatic N) is 3. The quantitative estimate of drug-likeness (QED) is 0.364. The van der Waals surface area contributed by atoms with Crippen molar-refractivity contribution >= 4 is 57.6 Å². The normalized spacial score (nSPS) is 9.69. The fourth-order valence-corrected chi connectivity index (χ4v) is 1.43. The molecule has 0 spiro atoms. The van der Waals surface area contributed by atoms with Crippen molar-refractivity contribution in [1.82, 2.24) is 9.94 Å². The zero-order valence-corrected chi connectivity index (χ0v) is 10.5. The zero-order chi connectivity index (χ0) is 9.84. The second-order valence-corrected chi connectivity index (χ2v) is 4.25. The smallest absolute Gasteiger partial charge is 0.183 e. The summed E-state index contributed by atoms with van der Waals surface area (Å²) in [5.74, 6) is 0.157. The lowest BCUT2D eigenvalue weighted by atomic mass is 10.7. The molecule has 4 nitrogen and oxygen atoms in total. The average molecular weight is 350 g/mol. The Bertz CT molecular complexity index is 350. The molecule has 0 N–H and O–H groups in total. The largest absolute Gasteiger partial charge is 0.383 e. The van der Waals surface area contributed by atoms with E-state index in [9.17, 15) is 0 Å². The molecule has 0 atom stereocenters. The van der Waals surface area contributed by atoms with Gasteiger partial charge >= 0.3 is 0 Å². The monoisotopic (exact) mass is 349 g/mol. The summed E-state index contributed by atoms with van der Waals surface area (Å²) in [6.07, 6.45) is 0. The molecule has 70 valence electrons. The fraction of sp³-hybridized carbons (Fsp3) is 0.200. The van der Waals surface area contributed by atoms with Crippen molar-refractivity contribution in [2.45, 2.75) is 0 Å². The molecule has 0 fully saturated rings. The lowest BCUT2D eigenvalue weighted by molar-refractivity contribution is 0.122. The van der Waals surface area contributed by atoms with Gasteiger partial charge in [0.2, 0.25) is 0 Å². The molecule has 1 heterocycles. The van der Waals surface area contributed by atoms with Crippen LogP contribution in [0.2, 0.25) is 10.3 Å². The van der Waals surface area contributed by atoms with E-state index >= 15 is 0 Å². The van der Waals surface area contributed by atoms with Crippen molar-refractivity contribution in [1.29, 1.82) is 5.26 Å². The molecule has 0 bridgehead atoms. The minimum atomic E-state index is 0.157. The molecular formula is C5H2Cl2IN3OS. The third kappa shape index (κ3) is 2.80. The van der Waals surface area contributed by atoms with Gasteiger partial charge in [-0.2, -0.15) is 5.26 Å². The first kappa shape index (κ1) is 11.2. The Kier molecular flexibility index (Phi) is 4.45. The van der Waals surface area contributed by atoms with Crippen LogP contribution >= 0.6 is 57.6 Å². The van der Waals surface area contributed by atoms with E-state index in [1.807, 2.05) is 28.0 Å². The van der Waals surface area contributed by atoms with Crippen LogP contribution in [0.15, 0.2) is 0 Å². The topological polar surface area (TPSA) is 50.8 Å². The van der Waals surface area contributed by atoms with E-state index in [1.54, 1.807) is 0 Å². The van der Waals surface area contributed by atoms with Gasteiger partial charge in [-0.3, -0.25) is 0 Å². The minimum absolute atomic E-state index is 0.157. The van der Waals surface area contributed by atoms with Gasteiger partial charge in [0.15, 0.2) is 16.2 Å². The van der Waals surface area contributed by atoms with Gasteiger partial charge in [0, 0.05) is 0 Å². The van der Waals surface area contributed by atoms with Gasteiger partial charge in [-0.15, -0.1) is 5.10 Å². The summed E-state index contributed by atoms with van der Waals surface area (Å²) in [6.45, 7) is 0. The molecule has 0 aliphatic rings. The van der Waals surface area contributed by atoms with Crippen molar-refractivity contribution in [3.8, 4) is 5.40 Å². The van der Waals surface area contributed by atoms with Gasteiger partial charge in [0.1, 0.15) is 5.40 Å². The van der Waals surface area contributed by atoms with Crippen LogP contribution in [0.1, 0.15) is 0 Å². The molecule has 1 aromatic heterocycles. The molecule has 0 saturated carbocycles. The van der Waals surface area contributed by atoms with E-state index in [2.05, 4.69) is 5.10 Å². The maximum atomic E-state index is 8.22. The zero-order valence-electron chi connectivity index (χ0n) is 6.00. The summed E-state index contributed by atoms with van der Waals surface area (Å²) >= 11 is 14.4. The Morgan fingerprint density at radius 1 is 1.69 bits per heavy atom. The van der Waals surface area contributed by atoms with Crippen LogP contribution < -0.4 is 4.84 Å². The Labute approximate surface area is 102 Å². The van der Waals surface area contributed by atoms with Crippen LogP contribution in [0.4, 0.5) is 0 Å². The highest BCUT2D eigenvalue weighted by Crippen LogP contribution is 2.24. The van der Waals surface area contributed by atoms with Crippen LogP contribution in [-0.2, 0) is 0 Å². The maximum Gasteiger partial charge on any atom is 0.183 e. The molecule has 8 heteroatoms. The van der Waals surface area contributed by atoms with Crippen molar-refractivity contribution in [2.24, 2.45) is 0 Å². The number of thiocyanates is 1.